The third kappa shape index (κ3) is 2.96. The first-order chi connectivity index (χ1) is 8.06. The molecule has 1 amide bonds. The number of rotatable bonds is 3. The highest BCUT2D eigenvalue weighted by atomic mass is 35.5. The third-order valence-corrected chi connectivity index (χ3v) is 3.79. The number of carbonyl (C=O) groups is 2. The summed E-state index contributed by atoms with van der Waals surface area (Å²) in [5, 5.41) is 14.4. The number of amides is 1. The maximum Gasteiger partial charge on any atom is 0.320 e. The Morgan fingerprint density at radius 2 is 2.29 bits per heavy atom. The van der Waals surface area contributed by atoms with E-state index < -0.39 is 12.0 Å². The Kier molecular flexibility index (Phi) is 3.66. The van der Waals surface area contributed by atoms with Gasteiger partial charge in [-0.25, -0.2) is 0 Å². The topological polar surface area (TPSA) is 78.4 Å². The van der Waals surface area contributed by atoms with Gasteiger partial charge in [0, 0.05) is 12.6 Å². The fourth-order valence-electron chi connectivity index (χ4n) is 1.73. The molecule has 0 unspecified atom stereocenters. The van der Waals surface area contributed by atoms with Crippen molar-refractivity contribution in [3.05, 3.63) is 21.3 Å². The summed E-state index contributed by atoms with van der Waals surface area (Å²) in [6, 6.07) is 2.59. The summed E-state index contributed by atoms with van der Waals surface area (Å²) in [7, 11) is 0. The number of hydrogen-bond acceptors (Lipinski definition) is 4. The predicted octanol–water partition coefficient (Wildman–Crippen LogP) is 0.946. The lowest BCUT2D eigenvalue weighted by Gasteiger charge is -2.10. The van der Waals surface area contributed by atoms with Gasteiger partial charge in [0.25, 0.3) is 5.91 Å². The van der Waals surface area contributed by atoms with Crippen molar-refractivity contribution in [2.45, 2.75) is 18.5 Å². The summed E-state index contributed by atoms with van der Waals surface area (Å²) in [6.45, 7) is 0.474. The molecule has 0 spiro atoms. The van der Waals surface area contributed by atoms with E-state index in [0.717, 1.165) is 0 Å². The monoisotopic (exact) mass is 274 g/mol. The molecule has 1 aliphatic rings. The molecule has 1 aliphatic heterocycles. The normalized spacial score (nSPS) is 23.6. The number of nitrogens with one attached hydrogen (secondary N) is 2. The molecule has 92 valence electrons. The maximum atomic E-state index is 11.8. The van der Waals surface area contributed by atoms with Crippen LogP contribution in [0.5, 0.6) is 0 Å². The molecule has 5 nitrogen and oxygen atoms in total. The minimum absolute atomic E-state index is 0.149. The van der Waals surface area contributed by atoms with Crippen molar-refractivity contribution >= 4 is 34.8 Å². The van der Waals surface area contributed by atoms with Gasteiger partial charge >= 0.3 is 5.97 Å². The van der Waals surface area contributed by atoms with Crippen molar-refractivity contribution in [2.75, 3.05) is 6.54 Å². The molecule has 0 aromatic carbocycles. The van der Waals surface area contributed by atoms with Crippen LogP contribution in [0, 0.1) is 0 Å². The third-order valence-electron chi connectivity index (χ3n) is 2.56. The molecule has 1 aromatic rings. The van der Waals surface area contributed by atoms with Gasteiger partial charge in [0.2, 0.25) is 0 Å². The number of thiophene rings is 1. The van der Waals surface area contributed by atoms with Crippen molar-refractivity contribution in [2.24, 2.45) is 0 Å². The summed E-state index contributed by atoms with van der Waals surface area (Å²) in [4.78, 5) is 23.0. The van der Waals surface area contributed by atoms with E-state index >= 15 is 0 Å². The van der Waals surface area contributed by atoms with Crippen molar-refractivity contribution in [3.63, 3.8) is 0 Å². The molecule has 17 heavy (non-hydrogen) atoms. The van der Waals surface area contributed by atoms with Crippen LogP contribution in [0.25, 0.3) is 0 Å². The van der Waals surface area contributed by atoms with Crippen molar-refractivity contribution in [3.8, 4) is 0 Å². The van der Waals surface area contributed by atoms with Crippen LogP contribution in [0.15, 0.2) is 12.1 Å². The highest BCUT2D eigenvalue weighted by Crippen LogP contribution is 2.21. The molecular weight excluding hydrogens is 264 g/mol. The largest absolute Gasteiger partial charge is 0.480 e. The Morgan fingerprint density at radius 3 is 2.82 bits per heavy atom. The molecule has 0 aliphatic carbocycles. The summed E-state index contributed by atoms with van der Waals surface area (Å²) < 4.78 is 0.558. The zero-order chi connectivity index (χ0) is 12.4. The molecule has 1 fully saturated rings. The summed E-state index contributed by atoms with van der Waals surface area (Å²) in [6.07, 6.45) is 0.403. The summed E-state index contributed by atoms with van der Waals surface area (Å²) >= 11 is 6.94. The fourth-order valence-corrected chi connectivity index (χ4v) is 2.67. The van der Waals surface area contributed by atoms with E-state index in [9.17, 15) is 9.59 Å². The van der Waals surface area contributed by atoms with Crippen LogP contribution in [0.4, 0.5) is 0 Å². The quantitative estimate of drug-likeness (QED) is 0.767. The van der Waals surface area contributed by atoms with Crippen molar-refractivity contribution in [1.29, 1.82) is 0 Å². The number of hydrogen-bond donors (Lipinski definition) is 3. The van der Waals surface area contributed by atoms with E-state index in [1.165, 1.54) is 11.3 Å². The Hall–Kier alpha value is -1.11. The molecule has 1 aromatic heterocycles. The molecule has 0 bridgehead atoms. The van der Waals surface area contributed by atoms with Gasteiger partial charge in [-0.1, -0.05) is 11.6 Å². The lowest BCUT2D eigenvalue weighted by molar-refractivity contribution is -0.139. The zero-order valence-electron chi connectivity index (χ0n) is 8.77. The molecule has 3 N–H and O–H groups in total. The van der Waals surface area contributed by atoms with Crippen molar-refractivity contribution < 1.29 is 14.7 Å². The van der Waals surface area contributed by atoms with Crippen LogP contribution in [0.1, 0.15) is 16.1 Å². The van der Waals surface area contributed by atoms with E-state index in [4.69, 9.17) is 16.7 Å². The Morgan fingerprint density at radius 1 is 1.53 bits per heavy atom. The first-order valence-corrected chi connectivity index (χ1v) is 6.28. The van der Waals surface area contributed by atoms with E-state index in [1.54, 1.807) is 12.1 Å². The zero-order valence-corrected chi connectivity index (χ0v) is 10.3. The number of carboxylic acid groups (broad SMARTS) is 1. The average molecular weight is 275 g/mol. The molecule has 7 heteroatoms. The van der Waals surface area contributed by atoms with Gasteiger partial charge in [0.05, 0.1) is 9.21 Å². The molecule has 2 atom stereocenters. The molecule has 2 heterocycles. The van der Waals surface area contributed by atoms with Gasteiger partial charge in [-0.05, 0) is 18.6 Å². The van der Waals surface area contributed by atoms with Gasteiger partial charge in [0.1, 0.15) is 6.04 Å². The molecular formula is C10H11ClN2O3S. The van der Waals surface area contributed by atoms with Gasteiger partial charge in [-0.15, -0.1) is 11.3 Å². The van der Waals surface area contributed by atoms with E-state index in [-0.39, 0.29) is 11.9 Å². The molecule has 1 saturated heterocycles. The molecule has 0 radical (unpaired) electrons. The van der Waals surface area contributed by atoms with E-state index in [1.807, 2.05) is 0 Å². The average Bonchev–Trinajstić information content (AvgIpc) is 2.86. The Labute approximate surface area is 107 Å². The van der Waals surface area contributed by atoms with Gasteiger partial charge in [0.15, 0.2) is 0 Å². The van der Waals surface area contributed by atoms with Gasteiger partial charge in [-0.3, -0.25) is 9.59 Å². The molecule has 2 rings (SSSR count). The van der Waals surface area contributed by atoms with Crippen LogP contribution < -0.4 is 10.6 Å². The highest BCUT2D eigenvalue weighted by Gasteiger charge is 2.30. The Bertz CT molecular complexity index is 449. The predicted molar refractivity (Wildman–Crippen MR) is 64.6 cm³/mol. The number of halogens is 1. The van der Waals surface area contributed by atoms with Crippen LogP contribution in [-0.4, -0.2) is 35.6 Å². The summed E-state index contributed by atoms with van der Waals surface area (Å²) in [5.41, 5.74) is 0. The number of carboxylic acids is 1. The second-order valence-electron chi connectivity index (χ2n) is 3.81. The standard InChI is InChI=1S/C10H11ClN2O3S/c11-8-2-1-7(17-8)9(14)13-5-3-6(10(15)16)12-4-5/h1-2,5-6,12H,3-4H2,(H,13,14)(H,15,16)/t5-,6-/m0/s1. The van der Waals surface area contributed by atoms with Crippen molar-refractivity contribution in [1.82, 2.24) is 10.6 Å². The maximum absolute atomic E-state index is 11.8. The second kappa shape index (κ2) is 5.03. The SMILES string of the molecule is O=C(N[C@@H]1CN[C@H](C(=O)O)C1)c1ccc(Cl)s1. The fraction of sp³-hybridized carbons (Fsp3) is 0.400. The van der Waals surface area contributed by atoms with E-state index in [2.05, 4.69) is 10.6 Å². The van der Waals surface area contributed by atoms with Crippen LogP contribution >= 0.6 is 22.9 Å². The van der Waals surface area contributed by atoms with Gasteiger partial charge in [-0.2, -0.15) is 0 Å². The highest BCUT2D eigenvalue weighted by molar-refractivity contribution is 7.17. The first-order valence-electron chi connectivity index (χ1n) is 5.08. The minimum atomic E-state index is -0.888. The van der Waals surface area contributed by atoms with Crippen LogP contribution in [-0.2, 0) is 4.79 Å². The van der Waals surface area contributed by atoms with E-state index in [0.29, 0.717) is 22.2 Å². The minimum Gasteiger partial charge on any atom is -0.480 e. The van der Waals surface area contributed by atoms with Crippen LogP contribution in [0.3, 0.4) is 0 Å². The number of aliphatic carboxylic acids is 1. The smallest absolute Gasteiger partial charge is 0.320 e. The van der Waals surface area contributed by atoms with Crippen LogP contribution in [0.2, 0.25) is 4.34 Å². The second-order valence-corrected chi connectivity index (χ2v) is 5.52. The molecule has 0 saturated carbocycles. The first kappa shape index (κ1) is 12.3. The van der Waals surface area contributed by atoms with Gasteiger partial charge < -0.3 is 15.7 Å². The lowest BCUT2D eigenvalue weighted by Crippen LogP contribution is -2.35. The Balaban J connectivity index is 1.90. The summed E-state index contributed by atoms with van der Waals surface area (Å²) in [5.74, 6) is -1.10. The number of carbonyl (C=O) groups excluding carboxylic acids is 1. The lowest BCUT2D eigenvalue weighted by atomic mass is 10.2.